The molecule has 2 N–H and O–H groups in total. The van der Waals surface area contributed by atoms with E-state index >= 15 is 0 Å². The Kier molecular flexibility index (Phi) is 6.20. The van der Waals surface area contributed by atoms with Crippen LogP contribution < -0.4 is 10.0 Å². The fourth-order valence-electron chi connectivity index (χ4n) is 1.60. The molecule has 0 aromatic carbocycles. The van der Waals surface area contributed by atoms with Gasteiger partial charge in [0.05, 0.1) is 5.69 Å². The van der Waals surface area contributed by atoms with E-state index in [1.54, 1.807) is 26.2 Å². The van der Waals surface area contributed by atoms with Crippen LogP contribution in [0.25, 0.3) is 0 Å². The van der Waals surface area contributed by atoms with Gasteiger partial charge in [0.2, 0.25) is 0 Å². The standard InChI is InChI=1S/C12H21N3O3S/c1-4-13-11-6-5-8-14-12(11)19(16,17)15-10(2)7-9-18-3/h5-6,8,10,13,15H,4,7,9H2,1-3H3. The van der Waals surface area contributed by atoms with Gasteiger partial charge in [-0.1, -0.05) is 0 Å². The summed E-state index contributed by atoms with van der Waals surface area (Å²) in [7, 11) is -2.04. The summed E-state index contributed by atoms with van der Waals surface area (Å²) >= 11 is 0. The highest BCUT2D eigenvalue weighted by atomic mass is 32.2. The number of nitrogens with zero attached hydrogens (tertiary/aromatic N) is 1. The van der Waals surface area contributed by atoms with Crippen molar-refractivity contribution in [2.75, 3.05) is 25.6 Å². The van der Waals surface area contributed by atoms with E-state index in [4.69, 9.17) is 4.74 Å². The quantitative estimate of drug-likeness (QED) is 0.751. The van der Waals surface area contributed by atoms with Gasteiger partial charge >= 0.3 is 0 Å². The van der Waals surface area contributed by atoms with Crippen molar-refractivity contribution in [3.05, 3.63) is 18.3 Å². The molecule has 19 heavy (non-hydrogen) atoms. The summed E-state index contributed by atoms with van der Waals surface area (Å²) in [5.74, 6) is 0. The minimum atomic E-state index is -3.62. The second-order valence-corrected chi connectivity index (χ2v) is 5.82. The predicted molar refractivity (Wildman–Crippen MR) is 74.7 cm³/mol. The van der Waals surface area contributed by atoms with Crippen LogP contribution in [0.1, 0.15) is 20.3 Å². The van der Waals surface area contributed by atoms with Crippen LogP contribution in [0.4, 0.5) is 5.69 Å². The number of pyridine rings is 1. The average molecular weight is 287 g/mol. The first-order valence-corrected chi connectivity index (χ1v) is 7.69. The number of anilines is 1. The first-order valence-electron chi connectivity index (χ1n) is 6.21. The van der Waals surface area contributed by atoms with E-state index in [2.05, 4.69) is 15.0 Å². The monoisotopic (exact) mass is 287 g/mol. The van der Waals surface area contributed by atoms with Crippen molar-refractivity contribution in [3.63, 3.8) is 0 Å². The molecule has 1 atom stereocenters. The van der Waals surface area contributed by atoms with Gasteiger partial charge in [0.1, 0.15) is 0 Å². The van der Waals surface area contributed by atoms with Crippen LogP contribution in [0, 0.1) is 0 Å². The number of ether oxygens (including phenoxy) is 1. The lowest BCUT2D eigenvalue weighted by molar-refractivity contribution is 0.188. The Morgan fingerprint density at radius 1 is 1.47 bits per heavy atom. The summed E-state index contributed by atoms with van der Waals surface area (Å²) in [4.78, 5) is 3.96. The molecule has 7 heteroatoms. The minimum Gasteiger partial charge on any atom is -0.385 e. The molecule has 1 aromatic heterocycles. The molecule has 1 heterocycles. The molecule has 0 fully saturated rings. The summed E-state index contributed by atoms with van der Waals surface area (Å²) in [6.45, 7) is 4.84. The molecule has 0 spiro atoms. The van der Waals surface area contributed by atoms with Crippen LogP contribution in [-0.4, -0.2) is 39.7 Å². The van der Waals surface area contributed by atoms with Crippen molar-refractivity contribution in [2.45, 2.75) is 31.3 Å². The molecule has 0 aliphatic heterocycles. The molecule has 0 bridgehead atoms. The van der Waals surface area contributed by atoms with Crippen LogP contribution in [-0.2, 0) is 14.8 Å². The van der Waals surface area contributed by atoms with Gasteiger partial charge < -0.3 is 10.1 Å². The summed E-state index contributed by atoms with van der Waals surface area (Å²) in [5, 5.41) is 3.02. The SMILES string of the molecule is CCNc1cccnc1S(=O)(=O)NC(C)CCOC. The minimum absolute atomic E-state index is 0.0288. The van der Waals surface area contributed by atoms with Gasteiger partial charge in [-0.3, -0.25) is 0 Å². The van der Waals surface area contributed by atoms with E-state index in [0.29, 0.717) is 25.3 Å². The van der Waals surface area contributed by atoms with E-state index in [-0.39, 0.29) is 11.1 Å². The van der Waals surface area contributed by atoms with E-state index < -0.39 is 10.0 Å². The molecule has 0 aliphatic carbocycles. The second-order valence-electron chi connectivity index (χ2n) is 4.19. The van der Waals surface area contributed by atoms with Crippen molar-refractivity contribution in [3.8, 4) is 0 Å². The number of hydrogen-bond donors (Lipinski definition) is 2. The van der Waals surface area contributed by atoms with Crippen LogP contribution >= 0.6 is 0 Å². The van der Waals surface area contributed by atoms with Gasteiger partial charge in [-0.25, -0.2) is 18.1 Å². The summed E-state index contributed by atoms with van der Waals surface area (Å²) in [6.07, 6.45) is 2.08. The van der Waals surface area contributed by atoms with Crippen LogP contribution in [0.15, 0.2) is 23.4 Å². The summed E-state index contributed by atoms with van der Waals surface area (Å²) in [5.41, 5.74) is 0.511. The lowest BCUT2D eigenvalue weighted by Gasteiger charge is -2.15. The third-order valence-corrected chi connectivity index (χ3v) is 4.05. The largest absolute Gasteiger partial charge is 0.385 e. The molecule has 1 rings (SSSR count). The molecule has 0 saturated heterocycles. The van der Waals surface area contributed by atoms with Gasteiger partial charge in [-0.2, -0.15) is 0 Å². The number of sulfonamides is 1. The number of aromatic nitrogens is 1. The third kappa shape index (κ3) is 4.77. The number of nitrogens with one attached hydrogen (secondary N) is 2. The Morgan fingerprint density at radius 3 is 2.84 bits per heavy atom. The zero-order valence-electron chi connectivity index (χ0n) is 11.5. The molecular formula is C12H21N3O3S. The highest BCUT2D eigenvalue weighted by molar-refractivity contribution is 7.89. The van der Waals surface area contributed by atoms with Gasteiger partial charge in [-0.15, -0.1) is 0 Å². The lowest BCUT2D eigenvalue weighted by Crippen LogP contribution is -2.34. The zero-order chi connectivity index (χ0) is 14.3. The first kappa shape index (κ1) is 15.9. The van der Waals surface area contributed by atoms with E-state index in [1.165, 1.54) is 6.20 Å². The van der Waals surface area contributed by atoms with Crippen molar-refractivity contribution < 1.29 is 13.2 Å². The van der Waals surface area contributed by atoms with Crippen molar-refractivity contribution in [1.82, 2.24) is 9.71 Å². The topological polar surface area (TPSA) is 80.3 Å². The Labute approximate surface area is 114 Å². The van der Waals surface area contributed by atoms with Crippen LogP contribution in [0.3, 0.4) is 0 Å². The smallest absolute Gasteiger partial charge is 0.260 e. The Balaban J connectivity index is 2.88. The lowest BCUT2D eigenvalue weighted by atomic mass is 10.3. The number of hydrogen-bond acceptors (Lipinski definition) is 5. The van der Waals surface area contributed by atoms with Gasteiger partial charge in [0.25, 0.3) is 10.0 Å². The maximum atomic E-state index is 12.2. The highest BCUT2D eigenvalue weighted by Crippen LogP contribution is 2.18. The third-order valence-electron chi connectivity index (χ3n) is 2.50. The Morgan fingerprint density at radius 2 is 2.21 bits per heavy atom. The Hall–Kier alpha value is -1.18. The first-order chi connectivity index (χ1) is 9.01. The summed E-state index contributed by atoms with van der Waals surface area (Å²) < 4.78 is 32.0. The van der Waals surface area contributed by atoms with Crippen molar-refractivity contribution >= 4 is 15.7 Å². The molecule has 0 aliphatic rings. The molecule has 0 amide bonds. The molecule has 0 radical (unpaired) electrons. The predicted octanol–water partition coefficient (Wildman–Crippen LogP) is 1.22. The number of methoxy groups -OCH3 is 1. The second kappa shape index (κ2) is 7.42. The molecule has 6 nitrogen and oxygen atoms in total. The van der Waals surface area contributed by atoms with Crippen LogP contribution in [0.2, 0.25) is 0 Å². The van der Waals surface area contributed by atoms with Crippen LogP contribution in [0.5, 0.6) is 0 Å². The fraction of sp³-hybridized carbons (Fsp3) is 0.583. The van der Waals surface area contributed by atoms with Crippen molar-refractivity contribution in [2.24, 2.45) is 0 Å². The number of rotatable bonds is 8. The Bertz CT molecular complexity index is 491. The zero-order valence-corrected chi connectivity index (χ0v) is 12.3. The molecular weight excluding hydrogens is 266 g/mol. The maximum absolute atomic E-state index is 12.2. The average Bonchev–Trinajstić information content (AvgIpc) is 2.37. The van der Waals surface area contributed by atoms with Gasteiger partial charge in [-0.05, 0) is 32.4 Å². The molecule has 1 aromatic rings. The summed E-state index contributed by atoms with van der Waals surface area (Å²) in [6, 6.07) is 3.19. The van der Waals surface area contributed by atoms with E-state index in [0.717, 1.165) is 0 Å². The van der Waals surface area contributed by atoms with Gasteiger partial charge in [0.15, 0.2) is 5.03 Å². The van der Waals surface area contributed by atoms with E-state index in [1.807, 2.05) is 6.92 Å². The molecule has 1 unspecified atom stereocenters. The normalized spacial score (nSPS) is 13.2. The fourth-order valence-corrected chi connectivity index (χ4v) is 2.99. The molecule has 0 saturated carbocycles. The van der Waals surface area contributed by atoms with Crippen molar-refractivity contribution in [1.29, 1.82) is 0 Å². The highest BCUT2D eigenvalue weighted by Gasteiger charge is 2.21. The molecule has 108 valence electrons. The van der Waals surface area contributed by atoms with Gasteiger partial charge in [0, 0.05) is 32.5 Å². The maximum Gasteiger partial charge on any atom is 0.260 e. The van der Waals surface area contributed by atoms with E-state index in [9.17, 15) is 8.42 Å².